The second-order valence-electron chi connectivity index (χ2n) is 7.16. The van der Waals surface area contributed by atoms with Gasteiger partial charge in [0.25, 0.3) is 0 Å². The number of anilines is 1. The van der Waals surface area contributed by atoms with Crippen molar-refractivity contribution >= 4 is 11.4 Å². The van der Waals surface area contributed by atoms with Gasteiger partial charge in [-0.05, 0) is 54.9 Å². The number of benzene rings is 2. The molecule has 0 spiro atoms. The van der Waals surface area contributed by atoms with Crippen LogP contribution >= 0.6 is 0 Å². The highest BCUT2D eigenvalue weighted by molar-refractivity contribution is 5.63. The Morgan fingerprint density at radius 1 is 1.08 bits per heavy atom. The smallest absolute Gasteiger partial charge is 0.364 e. The van der Waals surface area contributed by atoms with E-state index in [2.05, 4.69) is 21.9 Å². The van der Waals surface area contributed by atoms with E-state index >= 15 is 0 Å². The molecule has 2 aliphatic rings. The predicted molar refractivity (Wildman–Crippen MR) is 95.3 cm³/mol. The standard InChI is InChI=1S/C21H19F3N2/c1-25-19-10-9-16(12-18(19)21(22,23)24)26(13-14-6-7-14)20-11-8-15-4-2-3-5-17(15)20/h2-5,9-10,12,14,20H,6-8,11,13H2. The number of fused-ring (bicyclic) bond motifs is 1. The summed E-state index contributed by atoms with van der Waals surface area (Å²) in [5.41, 5.74) is 1.90. The van der Waals surface area contributed by atoms with E-state index in [-0.39, 0.29) is 11.7 Å². The van der Waals surface area contributed by atoms with E-state index in [1.54, 1.807) is 6.07 Å². The van der Waals surface area contributed by atoms with E-state index in [0.717, 1.165) is 38.3 Å². The summed E-state index contributed by atoms with van der Waals surface area (Å²) in [5.74, 6) is 0.553. The van der Waals surface area contributed by atoms with Crippen molar-refractivity contribution in [3.05, 3.63) is 70.6 Å². The van der Waals surface area contributed by atoms with Crippen LogP contribution in [0.3, 0.4) is 0 Å². The molecular formula is C21H19F3N2. The summed E-state index contributed by atoms with van der Waals surface area (Å²) in [4.78, 5) is 5.19. The van der Waals surface area contributed by atoms with Crippen LogP contribution in [-0.4, -0.2) is 6.54 Å². The fourth-order valence-corrected chi connectivity index (χ4v) is 3.88. The van der Waals surface area contributed by atoms with Crippen molar-refractivity contribution in [3.63, 3.8) is 0 Å². The van der Waals surface area contributed by atoms with Gasteiger partial charge in [0, 0.05) is 12.2 Å². The lowest BCUT2D eigenvalue weighted by atomic mass is 10.0. The van der Waals surface area contributed by atoms with Gasteiger partial charge in [-0.1, -0.05) is 30.3 Å². The second-order valence-corrected chi connectivity index (χ2v) is 7.16. The van der Waals surface area contributed by atoms with Gasteiger partial charge >= 0.3 is 6.18 Å². The molecule has 0 aliphatic heterocycles. The summed E-state index contributed by atoms with van der Waals surface area (Å²) in [5, 5.41) is 0. The lowest BCUT2D eigenvalue weighted by Crippen LogP contribution is -2.29. The molecule has 4 rings (SSSR count). The third-order valence-corrected chi connectivity index (χ3v) is 5.37. The third-order valence-electron chi connectivity index (χ3n) is 5.37. The first-order valence-electron chi connectivity index (χ1n) is 8.90. The van der Waals surface area contributed by atoms with E-state index in [1.807, 2.05) is 12.1 Å². The highest BCUT2D eigenvalue weighted by Gasteiger charge is 2.36. The van der Waals surface area contributed by atoms with Gasteiger partial charge in [0.05, 0.1) is 18.2 Å². The summed E-state index contributed by atoms with van der Waals surface area (Å²) in [6, 6.07) is 12.5. The first-order valence-corrected chi connectivity index (χ1v) is 8.90. The Balaban J connectivity index is 1.75. The van der Waals surface area contributed by atoms with Crippen LogP contribution < -0.4 is 4.90 Å². The molecule has 2 aromatic carbocycles. The Kier molecular flexibility index (Phi) is 4.14. The minimum Gasteiger partial charge on any atom is -0.364 e. The molecule has 0 radical (unpaired) electrons. The first kappa shape index (κ1) is 17.0. The topological polar surface area (TPSA) is 7.60 Å². The van der Waals surface area contributed by atoms with Gasteiger partial charge in [0.15, 0.2) is 5.69 Å². The highest BCUT2D eigenvalue weighted by Crippen LogP contribution is 2.44. The summed E-state index contributed by atoms with van der Waals surface area (Å²) < 4.78 is 40.2. The number of hydrogen-bond acceptors (Lipinski definition) is 1. The number of aryl methyl sites for hydroxylation is 1. The number of rotatable bonds is 4. The van der Waals surface area contributed by atoms with Crippen LogP contribution in [0.15, 0.2) is 42.5 Å². The van der Waals surface area contributed by atoms with Crippen molar-refractivity contribution < 1.29 is 13.2 Å². The van der Waals surface area contributed by atoms with Crippen LogP contribution in [0, 0.1) is 12.5 Å². The van der Waals surface area contributed by atoms with Crippen molar-refractivity contribution in [3.8, 4) is 0 Å². The zero-order valence-electron chi connectivity index (χ0n) is 14.3. The van der Waals surface area contributed by atoms with Crippen molar-refractivity contribution in [2.24, 2.45) is 5.92 Å². The zero-order chi connectivity index (χ0) is 18.3. The molecule has 2 aromatic rings. The van der Waals surface area contributed by atoms with Gasteiger partial charge in [0.2, 0.25) is 0 Å². The first-order chi connectivity index (χ1) is 12.5. The van der Waals surface area contributed by atoms with Gasteiger partial charge in [0.1, 0.15) is 0 Å². The molecule has 5 heteroatoms. The number of alkyl halides is 3. The molecule has 0 amide bonds. The van der Waals surface area contributed by atoms with Crippen molar-refractivity contribution in [2.45, 2.75) is 37.9 Å². The maximum atomic E-state index is 13.4. The van der Waals surface area contributed by atoms with E-state index in [1.165, 1.54) is 17.2 Å². The third kappa shape index (κ3) is 3.16. The molecule has 0 heterocycles. The molecule has 0 bridgehead atoms. The monoisotopic (exact) mass is 356 g/mol. The van der Waals surface area contributed by atoms with Crippen molar-refractivity contribution in [2.75, 3.05) is 11.4 Å². The minimum absolute atomic E-state index is 0.103. The van der Waals surface area contributed by atoms with E-state index in [0.29, 0.717) is 11.6 Å². The maximum absolute atomic E-state index is 13.4. The Hall–Kier alpha value is -2.48. The fraction of sp³-hybridized carbons (Fsp3) is 0.381. The van der Waals surface area contributed by atoms with Gasteiger partial charge < -0.3 is 4.90 Å². The Bertz CT molecular complexity index is 862. The molecule has 1 atom stereocenters. The molecule has 2 nitrogen and oxygen atoms in total. The van der Waals surface area contributed by atoms with Crippen LogP contribution in [0.4, 0.5) is 24.5 Å². The fourth-order valence-electron chi connectivity index (χ4n) is 3.88. The quantitative estimate of drug-likeness (QED) is 0.595. The summed E-state index contributed by atoms with van der Waals surface area (Å²) in [7, 11) is 0. The average molecular weight is 356 g/mol. The number of halogens is 3. The van der Waals surface area contributed by atoms with Gasteiger partial charge in [-0.3, -0.25) is 0 Å². The van der Waals surface area contributed by atoms with Crippen LogP contribution in [0.5, 0.6) is 0 Å². The largest absolute Gasteiger partial charge is 0.407 e. The molecule has 0 saturated heterocycles. The Morgan fingerprint density at radius 3 is 2.54 bits per heavy atom. The average Bonchev–Trinajstić information content (AvgIpc) is 3.35. The molecule has 0 N–H and O–H groups in total. The summed E-state index contributed by atoms with van der Waals surface area (Å²) >= 11 is 0. The SMILES string of the molecule is [C-]#[N+]c1ccc(N(CC2CC2)C2CCc3ccccc32)cc1C(F)(F)F. The highest BCUT2D eigenvalue weighted by atomic mass is 19.4. The van der Waals surface area contributed by atoms with Crippen LogP contribution in [0.25, 0.3) is 4.85 Å². The lowest BCUT2D eigenvalue weighted by Gasteiger charge is -2.33. The van der Waals surface area contributed by atoms with Crippen LogP contribution in [-0.2, 0) is 12.6 Å². The van der Waals surface area contributed by atoms with Crippen molar-refractivity contribution in [1.29, 1.82) is 0 Å². The van der Waals surface area contributed by atoms with Gasteiger partial charge in [-0.25, -0.2) is 4.85 Å². The molecular weight excluding hydrogens is 337 g/mol. The maximum Gasteiger partial charge on any atom is 0.407 e. The summed E-state index contributed by atoms with van der Waals surface area (Å²) in [6.07, 6.45) is -0.380. The Morgan fingerprint density at radius 2 is 1.85 bits per heavy atom. The zero-order valence-corrected chi connectivity index (χ0v) is 14.3. The van der Waals surface area contributed by atoms with Crippen LogP contribution in [0.2, 0.25) is 0 Å². The Labute approximate surface area is 151 Å². The molecule has 1 unspecified atom stereocenters. The predicted octanol–water partition coefficient (Wildman–Crippen LogP) is 6.16. The van der Waals surface area contributed by atoms with Gasteiger partial charge in [-0.2, -0.15) is 13.2 Å². The molecule has 26 heavy (non-hydrogen) atoms. The van der Waals surface area contributed by atoms with Crippen molar-refractivity contribution in [1.82, 2.24) is 0 Å². The molecule has 1 fully saturated rings. The van der Waals surface area contributed by atoms with E-state index < -0.39 is 11.7 Å². The molecule has 134 valence electrons. The molecule has 0 aromatic heterocycles. The second kappa shape index (κ2) is 6.35. The number of nitrogens with zero attached hydrogens (tertiary/aromatic N) is 2. The summed E-state index contributed by atoms with van der Waals surface area (Å²) in [6.45, 7) is 7.81. The number of hydrogen-bond donors (Lipinski definition) is 0. The van der Waals surface area contributed by atoms with Crippen LogP contribution in [0.1, 0.15) is 42.0 Å². The van der Waals surface area contributed by atoms with E-state index in [9.17, 15) is 13.2 Å². The lowest BCUT2D eigenvalue weighted by molar-refractivity contribution is -0.136. The normalized spacial score (nSPS) is 19.1. The molecule has 1 saturated carbocycles. The minimum atomic E-state index is -4.52. The van der Waals surface area contributed by atoms with E-state index in [4.69, 9.17) is 6.57 Å². The van der Waals surface area contributed by atoms with Gasteiger partial charge in [-0.15, -0.1) is 0 Å². The molecule has 2 aliphatic carbocycles.